The van der Waals surface area contributed by atoms with Gasteiger partial charge in [0.25, 0.3) is 0 Å². The number of allylic oxidation sites excluding steroid dienone is 6. The lowest BCUT2D eigenvalue weighted by atomic mass is 10.1. The summed E-state index contributed by atoms with van der Waals surface area (Å²) in [5.74, 6) is 0. The van der Waals surface area contributed by atoms with E-state index in [1.54, 1.807) is 0 Å². The minimum Gasteiger partial charge on any atom is -0.0843 e. The smallest absolute Gasteiger partial charge is 0.0412 e. The zero-order valence-corrected chi connectivity index (χ0v) is 9.46. The highest BCUT2D eigenvalue weighted by molar-refractivity contribution is 6.30. The van der Waals surface area contributed by atoms with Crippen molar-refractivity contribution < 1.29 is 0 Å². The van der Waals surface area contributed by atoms with Crippen molar-refractivity contribution in [3.8, 4) is 0 Å². The summed E-state index contributed by atoms with van der Waals surface area (Å²) in [5, 5.41) is 0.784. The molecule has 1 aliphatic rings. The van der Waals surface area contributed by atoms with Crippen LogP contribution in [0.15, 0.2) is 54.1 Å². The van der Waals surface area contributed by atoms with E-state index >= 15 is 0 Å². The molecule has 0 atom stereocenters. The molecule has 76 valence electrons. The third kappa shape index (κ3) is 2.60. The van der Waals surface area contributed by atoms with Crippen LogP contribution in [0.3, 0.4) is 0 Å². The molecular weight excluding hydrogens is 204 g/mol. The lowest BCUT2D eigenvalue weighted by molar-refractivity contribution is 1.22. The Balaban J connectivity index is 2.39. The topological polar surface area (TPSA) is 0 Å². The summed E-state index contributed by atoms with van der Waals surface area (Å²) in [6.45, 7) is 2.14. The van der Waals surface area contributed by atoms with Crippen LogP contribution in [0.5, 0.6) is 0 Å². The normalized spacial score (nSPS) is 15.6. The van der Waals surface area contributed by atoms with Crippen molar-refractivity contribution in [1.29, 1.82) is 0 Å². The van der Waals surface area contributed by atoms with E-state index in [9.17, 15) is 0 Å². The molecule has 0 fully saturated rings. The van der Waals surface area contributed by atoms with Gasteiger partial charge in [0.2, 0.25) is 0 Å². The molecule has 1 aromatic carbocycles. The van der Waals surface area contributed by atoms with Gasteiger partial charge in [0.15, 0.2) is 0 Å². The first kappa shape index (κ1) is 10.3. The van der Waals surface area contributed by atoms with Gasteiger partial charge in [0.05, 0.1) is 0 Å². The molecule has 0 heterocycles. The molecule has 0 saturated heterocycles. The minimum absolute atomic E-state index is 0.784. The van der Waals surface area contributed by atoms with E-state index in [0.717, 1.165) is 11.4 Å². The fourth-order valence-corrected chi connectivity index (χ4v) is 1.78. The van der Waals surface area contributed by atoms with E-state index in [0.29, 0.717) is 0 Å². The van der Waals surface area contributed by atoms with Gasteiger partial charge in [0, 0.05) is 5.02 Å². The Hall–Kier alpha value is -1.27. The molecule has 0 unspecified atom stereocenters. The first-order valence-electron chi connectivity index (χ1n) is 5.05. The molecule has 15 heavy (non-hydrogen) atoms. The predicted molar refractivity (Wildman–Crippen MR) is 66.9 cm³/mol. The van der Waals surface area contributed by atoms with E-state index in [2.05, 4.69) is 37.3 Å². The predicted octanol–water partition coefficient (Wildman–Crippen LogP) is 4.63. The van der Waals surface area contributed by atoms with Crippen LogP contribution in [-0.2, 0) is 0 Å². The summed E-state index contributed by atoms with van der Waals surface area (Å²) in [7, 11) is 0. The maximum atomic E-state index is 5.97. The van der Waals surface area contributed by atoms with Crippen molar-refractivity contribution in [1.82, 2.24) is 0 Å². The van der Waals surface area contributed by atoms with Crippen LogP contribution in [0.2, 0.25) is 5.02 Å². The Labute approximate surface area is 95.6 Å². The van der Waals surface area contributed by atoms with Crippen molar-refractivity contribution in [2.24, 2.45) is 0 Å². The van der Waals surface area contributed by atoms with Gasteiger partial charge in [-0.3, -0.25) is 0 Å². The van der Waals surface area contributed by atoms with Gasteiger partial charge in [-0.15, -0.1) is 0 Å². The highest BCUT2D eigenvalue weighted by Gasteiger charge is 2.00. The molecule has 0 radical (unpaired) electrons. The summed E-state index contributed by atoms with van der Waals surface area (Å²) in [4.78, 5) is 0. The van der Waals surface area contributed by atoms with Gasteiger partial charge in [-0.1, -0.05) is 53.6 Å². The maximum Gasteiger partial charge on any atom is 0.0412 e. The van der Waals surface area contributed by atoms with Crippen LogP contribution in [0.1, 0.15) is 18.9 Å². The summed E-state index contributed by atoms with van der Waals surface area (Å²) in [6, 6.07) is 7.95. The molecule has 0 bridgehead atoms. The average molecular weight is 217 g/mol. The van der Waals surface area contributed by atoms with Crippen molar-refractivity contribution in [3.63, 3.8) is 0 Å². The Morgan fingerprint density at radius 2 is 2.07 bits per heavy atom. The lowest BCUT2D eigenvalue weighted by Crippen LogP contribution is -1.79. The quantitative estimate of drug-likeness (QED) is 0.642. The van der Waals surface area contributed by atoms with E-state index in [-0.39, 0.29) is 0 Å². The Morgan fingerprint density at radius 1 is 1.20 bits per heavy atom. The molecule has 1 aliphatic carbocycles. The molecule has 2 rings (SSSR count). The number of rotatable bonds is 1. The zero-order chi connectivity index (χ0) is 10.7. The molecule has 0 nitrogen and oxygen atoms in total. The van der Waals surface area contributed by atoms with Crippen LogP contribution in [0.25, 0.3) is 5.57 Å². The number of halogens is 1. The average Bonchev–Trinajstić information content (AvgIpc) is 2.43. The number of hydrogen-bond acceptors (Lipinski definition) is 0. The van der Waals surface area contributed by atoms with E-state index in [4.69, 9.17) is 11.6 Å². The second-order valence-electron chi connectivity index (χ2n) is 3.75. The van der Waals surface area contributed by atoms with Gasteiger partial charge < -0.3 is 0 Å². The van der Waals surface area contributed by atoms with Gasteiger partial charge in [-0.25, -0.2) is 0 Å². The molecule has 0 saturated carbocycles. The van der Waals surface area contributed by atoms with Gasteiger partial charge in [-0.2, -0.15) is 0 Å². The summed E-state index contributed by atoms with van der Waals surface area (Å²) in [6.07, 6.45) is 9.67. The van der Waals surface area contributed by atoms with E-state index in [1.807, 2.05) is 18.2 Å². The van der Waals surface area contributed by atoms with Gasteiger partial charge in [0.1, 0.15) is 0 Å². The highest BCUT2D eigenvalue weighted by Crippen LogP contribution is 2.22. The van der Waals surface area contributed by atoms with Crippen molar-refractivity contribution >= 4 is 17.2 Å². The van der Waals surface area contributed by atoms with Crippen molar-refractivity contribution in [2.75, 3.05) is 0 Å². The lowest BCUT2D eigenvalue weighted by Gasteiger charge is -2.01. The van der Waals surface area contributed by atoms with Crippen LogP contribution < -0.4 is 0 Å². The molecule has 0 aliphatic heterocycles. The first-order chi connectivity index (χ1) is 7.25. The van der Waals surface area contributed by atoms with Crippen molar-refractivity contribution in [2.45, 2.75) is 13.3 Å². The zero-order valence-electron chi connectivity index (χ0n) is 8.70. The molecule has 0 spiro atoms. The summed E-state index contributed by atoms with van der Waals surface area (Å²) in [5.41, 5.74) is 3.77. The van der Waals surface area contributed by atoms with Crippen LogP contribution in [0.4, 0.5) is 0 Å². The number of hydrogen-bond donors (Lipinski definition) is 0. The maximum absolute atomic E-state index is 5.97. The molecule has 0 aromatic heterocycles. The molecular formula is C14H13Cl. The Morgan fingerprint density at radius 3 is 2.87 bits per heavy atom. The first-order valence-corrected chi connectivity index (χ1v) is 5.43. The number of benzene rings is 1. The fourth-order valence-electron chi connectivity index (χ4n) is 1.59. The van der Waals surface area contributed by atoms with Crippen LogP contribution in [-0.4, -0.2) is 0 Å². The Bertz CT molecular complexity index is 450. The Kier molecular flexibility index (Phi) is 3.08. The summed E-state index contributed by atoms with van der Waals surface area (Å²) < 4.78 is 0. The largest absolute Gasteiger partial charge is 0.0843 e. The van der Waals surface area contributed by atoms with Gasteiger partial charge >= 0.3 is 0 Å². The highest BCUT2D eigenvalue weighted by atomic mass is 35.5. The van der Waals surface area contributed by atoms with Crippen molar-refractivity contribution in [3.05, 3.63) is 64.7 Å². The fraction of sp³-hybridized carbons (Fsp3) is 0.143. The second kappa shape index (κ2) is 4.50. The van der Waals surface area contributed by atoms with Crippen LogP contribution >= 0.6 is 11.6 Å². The third-order valence-corrected chi connectivity index (χ3v) is 2.68. The molecule has 1 heteroatoms. The third-order valence-electron chi connectivity index (χ3n) is 2.44. The molecule has 1 aromatic rings. The molecule has 0 amide bonds. The molecule has 0 N–H and O–H groups in total. The SMILES string of the molecule is CC1=CC=C(c2cccc(Cl)c2)C=CC1. The summed E-state index contributed by atoms with van der Waals surface area (Å²) >= 11 is 5.97. The standard InChI is InChI=1S/C14H13Cl/c1-11-4-2-5-12(9-8-11)13-6-3-7-14(15)10-13/h2-3,5-10H,4H2,1H3. The second-order valence-corrected chi connectivity index (χ2v) is 4.19. The monoisotopic (exact) mass is 216 g/mol. The van der Waals surface area contributed by atoms with E-state index in [1.165, 1.54) is 16.7 Å². The van der Waals surface area contributed by atoms with Crippen LogP contribution in [0, 0.1) is 0 Å². The minimum atomic E-state index is 0.784. The van der Waals surface area contributed by atoms with Gasteiger partial charge in [-0.05, 0) is 36.6 Å². The van der Waals surface area contributed by atoms with E-state index < -0.39 is 0 Å².